The molecular formula is C14H18N2O5. The van der Waals surface area contributed by atoms with Crippen molar-refractivity contribution in [3.05, 3.63) is 33.9 Å². The molecule has 1 aliphatic rings. The number of carbonyl (C=O) groups excluding carboxylic acids is 1. The Balaban J connectivity index is 2.38. The Kier molecular flexibility index (Phi) is 4.42. The van der Waals surface area contributed by atoms with E-state index in [1.54, 1.807) is 12.1 Å². The number of nitrogens with zero attached hydrogens (tertiary/aromatic N) is 2. The quantitative estimate of drug-likeness (QED) is 0.482. The number of benzene rings is 1. The van der Waals surface area contributed by atoms with Gasteiger partial charge in [0.25, 0.3) is 5.69 Å². The number of nitro groups is 1. The van der Waals surface area contributed by atoms with Crippen molar-refractivity contribution < 1.29 is 19.2 Å². The van der Waals surface area contributed by atoms with Crippen LogP contribution in [0, 0.1) is 10.1 Å². The van der Waals surface area contributed by atoms with Crippen LogP contribution >= 0.6 is 0 Å². The van der Waals surface area contributed by atoms with Crippen LogP contribution in [-0.4, -0.2) is 43.3 Å². The van der Waals surface area contributed by atoms with Crippen molar-refractivity contribution in [3.63, 3.8) is 0 Å². The van der Waals surface area contributed by atoms with E-state index in [9.17, 15) is 14.9 Å². The number of rotatable bonds is 3. The molecule has 0 aliphatic carbocycles. The molecule has 1 aliphatic heterocycles. The number of hydrogen-bond donors (Lipinski definition) is 0. The topological polar surface area (TPSA) is 81.9 Å². The summed E-state index contributed by atoms with van der Waals surface area (Å²) in [5.74, 6) is -0.589. The highest BCUT2D eigenvalue weighted by Crippen LogP contribution is 2.31. The normalized spacial score (nSPS) is 22.0. The van der Waals surface area contributed by atoms with Gasteiger partial charge < -0.3 is 14.4 Å². The summed E-state index contributed by atoms with van der Waals surface area (Å²) in [5.41, 5.74) is 0.566. The summed E-state index contributed by atoms with van der Waals surface area (Å²) < 4.78 is 10.2. The second kappa shape index (κ2) is 6.09. The summed E-state index contributed by atoms with van der Waals surface area (Å²) in [6.45, 7) is 5.00. The lowest BCUT2D eigenvalue weighted by atomic mass is 10.1. The number of carbonyl (C=O) groups is 1. The maximum Gasteiger partial charge on any atom is 0.338 e. The van der Waals surface area contributed by atoms with Crippen molar-refractivity contribution in [3.8, 4) is 0 Å². The van der Waals surface area contributed by atoms with E-state index >= 15 is 0 Å². The van der Waals surface area contributed by atoms with Crippen LogP contribution in [0.4, 0.5) is 11.4 Å². The maximum absolute atomic E-state index is 11.5. The molecule has 0 amide bonds. The number of ether oxygens (including phenoxy) is 2. The van der Waals surface area contributed by atoms with Crippen LogP contribution in [0.3, 0.4) is 0 Å². The summed E-state index contributed by atoms with van der Waals surface area (Å²) >= 11 is 0. The predicted octanol–water partition coefficient (Wildman–Crippen LogP) is 1.99. The molecule has 0 spiro atoms. The third-order valence-corrected chi connectivity index (χ3v) is 3.35. The van der Waals surface area contributed by atoms with Crippen LogP contribution in [0.2, 0.25) is 0 Å². The minimum absolute atomic E-state index is 0.00589. The predicted molar refractivity (Wildman–Crippen MR) is 76.7 cm³/mol. The van der Waals surface area contributed by atoms with Crippen LogP contribution < -0.4 is 4.90 Å². The molecule has 0 N–H and O–H groups in total. The molecule has 0 saturated carbocycles. The zero-order chi connectivity index (χ0) is 15.6. The maximum atomic E-state index is 11.5. The molecule has 21 heavy (non-hydrogen) atoms. The molecule has 7 nitrogen and oxygen atoms in total. The number of esters is 1. The Morgan fingerprint density at radius 1 is 1.38 bits per heavy atom. The third-order valence-electron chi connectivity index (χ3n) is 3.35. The molecule has 1 heterocycles. The number of methoxy groups -OCH3 is 1. The van der Waals surface area contributed by atoms with Gasteiger partial charge in [-0.1, -0.05) is 0 Å². The highest BCUT2D eigenvalue weighted by molar-refractivity contribution is 5.91. The minimum atomic E-state index is -0.589. The molecule has 1 fully saturated rings. The first-order chi connectivity index (χ1) is 9.92. The Labute approximate surface area is 122 Å². The smallest absolute Gasteiger partial charge is 0.338 e. The Morgan fingerprint density at radius 3 is 2.52 bits per heavy atom. The second-order valence-electron chi connectivity index (χ2n) is 5.11. The fourth-order valence-electron chi connectivity index (χ4n) is 2.56. The molecule has 0 aromatic heterocycles. The summed E-state index contributed by atoms with van der Waals surface area (Å²) in [7, 11) is 1.24. The molecule has 2 unspecified atom stereocenters. The first-order valence-electron chi connectivity index (χ1n) is 6.69. The molecule has 2 atom stereocenters. The van der Waals surface area contributed by atoms with E-state index in [-0.39, 0.29) is 23.5 Å². The van der Waals surface area contributed by atoms with Crippen molar-refractivity contribution in [1.82, 2.24) is 0 Å². The lowest BCUT2D eigenvalue weighted by molar-refractivity contribution is -0.384. The average Bonchev–Trinajstić information content (AvgIpc) is 2.44. The largest absolute Gasteiger partial charge is 0.465 e. The summed E-state index contributed by atoms with van der Waals surface area (Å²) in [6.07, 6.45) is -0.0118. The van der Waals surface area contributed by atoms with Crippen molar-refractivity contribution in [2.45, 2.75) is 26.1 Å². The van der Waals surface area contributed by atoms with E-state index in [2.05, 4.69) is 4.74 Å². The van der Waals surface area contributed by atoms with Gasteiger partial charge in [-0.2, -0.15) is 0 Å². The number of morpholine rings is 1. The van der Waals surface area contributed by atoms with E-state index in [0.717, 1.165) is 0 Å². The number of anilines is 1. The fourth-order valence-corrected chi connectivity index (χ4v) is 2.56. The van der Waals surface area contributed by atoms with Gasteiger partial charge >= 0.3 is 5.97 Å². The SMILES string of the molecule is COC(=O)c1ccc(N2CC(C)OC(C)C2)c([N+](=O)[O-])c1. The van der Waals surface area contributed by atoms with Crippen LogP contribution in [0.15, 0.2) is 18.2 Å². The van der Waals surface area contributed by atoms with Crippen molar-refractivity contribution in [1.29, 1.82) is 0 Å². The van der Waals surface area contributed by atoms with Gasteiger partial charge in [-0.25, -0.2) is 4.79 Å². The minimum Gasteiger partial charge on any atom is -0.465 e. The zero-order valence-corrected chi connectivity index (χ0v) is 12.2. The number of nitro benzene ring substituents is 1. The van der Waals surface area contributed by atoms with Crippen molar-refractivity contribution in [2.75, 3.05) is 25.1 Å². The van der Waals surface area contributed by atoms with Gasteiger partial charge in [0.1, 0.15) is 5.69 Å². The summed E-state index contributed by atoms with van der Waals surface area (Å²) in [5, 5.41) is 11.3. The van der Waals surface area contributed by atoms with Gasteiger partial charge in [0.05, 0.1) is 29.8 Å². The molecular weight excluding hydrogens is 276 g/mol. The standard InChI is InChI=1S/C14H18N2O5/c1-9-7-15(8-10(2)21-9)12-5-4-11(14(17)20-3)6-13(12)16(18)19/h4-6,9-10H,7-8H2,1-3H3. The van der Waals surface area contributed by atoms with E-state index in [1.165, 1.54) is 13.2 Å². The molecule has 0 radical (unpaired) electrons. The Bertz CT molecular complexity index is 550. The molecule has 1 saturated heterocycles. The summed E-state index contributed by atoms with van der Waals surface area (Å²) in [6, 6.07) is 4.39. The van der Waals surface area contributed by atoms with E-state index in [1.807, 2.05) is 18.7 Å². The van der Waals surface area contributed by atoms with Gasteiger partial charge in [0.2, 0.25) is 0 Å². The molecule has 2 rings (SSSR count). The zero-order valence-electron chi connectivity index (χ0n) is 12.2. The monoisotopic (exact) mass is 294 g/mol. The Hall–Kier alpha value is -2.15. The first-order valence-corrected chi connectivity index (χ1v) is 6.69. The van der Waals surface area contributed by atoms with Gasteiger partial charge in [0, 0.05) is 19.2 Å². The van der Waals surface area contributed by atoms with E-state index < -0.39 is 10.9 Å². The summed E-state index contributed by atoms with van der Waals surface area (Å²) in [4.78, 5) is 24.2. The molecule has 0 bridgehead atoms. The van der Waals surface area contributed by atoms with Gasteiger partial charge in [-0.3, -0.25) is 10.1 Å². The highest BCUT2D eigenvalue weighted by atomic mass is 16.6. The molecule has 1 aromatic rings. The van der Waals surface area contributed by atoms with Crippen molar-refractivity contribution in [2.24, 2.45) is 0 Å². The van der Waals surface area contributed by atoms with Crippen LogP contribution in [0.1, 0.15) is 24.2 Å². The second-order valence-corrected chi connectivity index (χ2v) is 5.11. The average molecular weight is 294 g/mol. The first kappa shape index (κ1) is 15.2. The Morgan fingerprint density at radius 2 is 2.00 bits per heavy atom. The lowest BCUT2D eigenvalue weighted by Crippen LogP contribution is -2.45. The lowest BCUT2D eigenvalue weighted by Gasteiger charge is -2.36. The highest BCUT2D eigenvalue weighted by Gasteiger charge is 2.28. The van der Waals surface area contributed by atoms with Crippen LogP contribution in [0.25, 0.3) is 0 Å². The van der Waals surface area contributed by atoms with Crippen LogP contribution in [-0.2, 0) is 9.47 Å². The van der Waals surface area contributed by atoms with Gasteiger partial charge in [-0.05, 0) is 26.0 Å². The molecule has 1 aromatic carbocycles. The van der Waals surface area contributed by atoms with Crippen LogP contribution in [0.5, 0.6) is 0 Å². The van der Waals surface area contributed by atoms with Gasteiger partial charge in [0.15, 0.2) is 0 Å². The van der Waals surface area contributed by atoms with E-state index in [0.29, 0.717) is 18.8 Å². The molecule has 7 heteroatoms. The van der Waals surface area contributed by atoms with Crippen molar-refractivity contribution >= 4 is 17.3 Å². The number of hydrogen-bond acceptors (Lipinski definition) is 6. The van der Waals surface area contributed by atoms with Gasteiger partial charge in [-0.15, -0.1) is 0 Å². The fraction of sp³-hybridized carbons (Fsp3) is 0.500. The van der Waals surface area contributed by atoms with E-state index in [4.69, 9.17) is 4.74 Å². The third kappa shape index (κ3) is 3.30. The molecule has 114 valence electrons.